The summed E-state index contributed by atoms with van der Waals surface area (Å²) in [5, 5.41) is 12.6. The van der Waals surface area contributed by atoms with Gasteiger partial charge in [-0.25, -0.2) is 0 Å². The van der Waals surface area contributed by atoms with Crippen LogP contribution in [0.3, 0.4) is 0 Å². The highest BCUT2D eigenvalue weighted by Gasteiger charge is 2.26. The number of methoxy groups -OCH3 is 2. The molecule has 1 saturated heterocycles. The maximum atomic E-state index is 11.5. The van der Waals surface area contributed by atoms with Crippen molar-refractivity contribution >= 4 is 16.6 Å². The van der Waals surface area contributed by atoms with Crippen molar-refractivity contribution in [2.24, 2.45) is 0 Å². The van der Waals surface area contributed by atoms with Gasteiger partial charge in [-0.15, -0.1) is 0 Å². The zero-order valence-corrected chi connectivity index (χ0v) is 21.4. The Bertz CT molecular complexity index is 1310. The molecule has 0 amide bonds. The standard InChI is InChI=1S/C30H35N3O3/c1-22-30(25-19-24(35-2)13-14-26(25)33(22)20-23-9-5-4-6-10-23)28(34)21-31-15-17-32(18-16-31)27-11-7-8-12-29(27)36-3/h4-14,19,28,34H,15-18,20-21H2,1-3H3/t28-/m0/s1. The number of hydrogen-bond donors (Lipinski definition) is 1. The molecular formula is C30H35N3O3. The largest absolute Gasteiger partial charge is 0.497 e. The van der Waals surface area contributed by atoms with Crippen LogP contribution in [-0.4, -0.2) is 61.5 Å². The summed E-state index contributed by atoms with van der Waals surface area (Å²) in [6.07, 6.45) is -0.588. The van der Waals surface area contributed by atoms with E-state index in [-0.39, 0.29) is 0 Å². The molecule has 0 radical (unpaired) electrons. The Balaban J connectivity index is 1.37. The van der Waals surface area contributed by atoms with Crippen LogP contribution in [0.2, 0.25) is 0 Å². The molecule has 4 aromatic rings. The normalized spacial score (nSPS) is 15.3. The monoisotopic (exact) mass is 485 g/mol. The molecule has 1 N–H and O–H groups in total. The number of aliphatic hydroxyl groups is 1. The van der Waals surface area contributed by atoms with E-state index in [1.165, 1.54) is 5.56 Å². The third-order valence-corrected chi connectivity index (χ3v) is 7.33. The molecule has 2 heterocycles. The van der Waals surface area contributed by atoms with Gasteiger partial charge in [0.2, 0.25) is 0 Å². The molecule has 1 atom stereocenters. The number of anilines is 1. The van der Waals surface area contributed by atoms with Crippen molar-refractivity contribution in [2.45, 2.75) is 19.6 Å². The minimum atomic E-state index is -0.588. The van der Waals surface area contributed by atoms with Gasteiger partial charge in [-0.3, -0.25) is 4.90 Å². The summed E-state index contributed by atoms with van der Waals surface area (Å²) in [7, 11) is 3.41. The van der Waals surface area contributed by atoms with Crippen molar-refractivity contribution in [1.29, 1.82) is 0 Å². The number of para-hydroxylation sites is 2. The summed E-state index contributed by atoms with van der Waals surface area (Å²) < 4.78 is 13.4. The Labute approximate surface area is 213 Å². The molecule has 1 aliphatic heterocycles. The fourth-order valence-corrected chi connectivity index (χ4v) is 5.40. The Morgan fingerprint density at radius 2 is 1.58 bits per heavy atom. The summed E-state index contributed by atoms with van der Waals surface area (Å²) in [6.45, 7) is 7.06. The number of β-amino-alcohol motifs (C(OH)–C–C–N with tert-alkyl or cyclic N) is 1. The third-order valence-electron chi connectivity index (χ3n) is 7.33. The lowest BCUT2D eigenvalue weighted by Crippen LogP contribution is -2.47. The molecule has 1 aromatic heterocycles. The first kappa shape index (κ1) is 24.2. The van der Waals surface area contributed by atoms with Crippen LogP contribution < -0.4 is 14.4 Å². The van der Waals surface area contributed by atoms with E-state index in [1.54, 1.807) is 14.2 Å². The first-order valence-electron chi connectivity index (χ1n) is 12.6. The molecule has 1 aliphatic rings. The van der Waals surface area contributed by atoms with Crippen LogP contribution in [0.5, 0.6) is 11.5 Å². The molecule has 6 nitrogen and oxygen atoms in total. The molecule has 1 fully saturated rings. The number of piperazine rings is 1. The topological polar surface area (TPSA) is 50.1 Å². The predicted octanol–water partition coefficient (Wildman–Crippen LogP) is 4.87. The third kappa shape index (κ3) is 4.79. The lowest BCUT2D eigenvalue weighted by atomic mass is 10.0. The van der Waals surface area contributed by atoms with Crippen LogP contribution in [0.1, 0.15) is 22.9 Å². The summed E-state index contributed by atoms with van der Waals surface area (Å²) in [5.74, 6) is 1.71. The van der Waals surface area contributed by atoms with E-state index in [9.17, 15) is 5.11 Å². The van der Waals surface area contributed by atoms with Gasteiger partial charge >= 0.3 is 0 Å². The van der Waals surface area contributed by atoms with Crippen LogP contribution in [0.15, 0.2) is 72.8 Å². The van der Waals surface area contributed by atoms with Crippen molar-refractivity contribution in [1.82, 2.24) is 9.47 Å². The molecule has 0 spiro atoms. The molecule has 0 unspecified atom stereocenters. The lowest BCUT2D eigenvalue weighted by molar-refractivity contribution is 0.110. The van der Waals surface area contributed by atoms with Gasteiger partial charge in [0.05, 0.1) is 26.0 Å². The first-order valence-corrected chi connectivity index (χ1v) is 12.6. The Hall–Kier alpha value is -3.48. The minimum Gasteiger partial charge on any atom is -0.497 e. The van der Waals surface area contributed by atoms with Crippen LogP contribution in [0.4, 0.5) is 5.69 Å². The van der Waals surface area contributed by atoms with E-state index < -0.39 is 6.10 Å². The smallest absolute Gasteiger partial charge is 0.142 e. The van der Waals surface area contributed by atoms with Crippen LogP contribution >= 0.6 is 0 Å². The van der Waals surface area contributed by atoms with Gasteiger partial charge in [-0.1, -0.05) is 42.5 Å². The number of hydrogen-bond acceptors (Lipinski definition) is 5. The maximum absolute atomic E-state index is 11.5. The fourth-order valence-electron chi connectivity index (χ4n) is 5.40. The molecule has 0 bridgehead atoms. The highest BCUT2D eigenvalue weighted by atomic mass is 16.5. The molecule has 3 aromatic carbocycles. The van der Waals surface area contributed by atoms with Gasteiger partial charge in [-0.2, -0.15) is 0 Å². The number of benzene rings is 3. The van der Waals surface area contributed by atoms with Crippen LogP contribution in [0.25, 0.3) is 10.9 Å². The number of rotatable bonds is 8. The average molecular weight is 486 g/mol. The van der Waals surface area contributed by atoms with Gasteiger partial charge < -0.3 is 24.0 Å². The number of aliphatic hydroxyl groups excluding tert-OH is 1. The van der Waals surface area contributed by atoms with E-state index in [0.717, 1.165) is 72.1 Å². The SMILES string of the molecule is COc1ccc2c(c1)c([C@@H](O)CN1CCN(c3ccccc3OC)CC1)c(C)n2Cc1ccccc1. The van der Waals surface area contributed by atoms with Crippen LogP contribution in [-0.2, 0) is 6.54 Å². The van der Waals surface area contributed by atoms with E-state index in [4.69, 9.17) is 9.47 Å². The molecular weight excluding hydrogens is 450 g/mol. The summed E-state index contributed by atoms with van der Waals surface area (Å²) in [6, 6.07) is 24.8. The fraction of sp³-hybridized carbons (Fsp3) is 0.333. The lowest BCUT2D eigenvalue weighted by Gasteiger charge is -2.37. The second-order valence-corrected chi connectivity index (χ2v) is 9.43. The van der Waals surface area contributed by atoms with E-state index >= 15 is 0 Å². The van der Waals surface area contributed by atoms with Crippen molar-refractivity contribution in [3.05, 3.63) is 89.6 Å². The number of nitrogens with zero attached hydrogens (tertiary/aromatic N) is 3. The molecule has 0 saturated carbocycles. The van der Waals surface area contributed by atoms with Crippen molar-refractivity contribution < 1.29 is 14.6 Å². The molecule has 5 rings (SSSR count). The summed E-state index contributed by atoms with van der Waals surface area (Å²) in [4.78, 5) is 4.72. The number of fused-ring (bicyclic) bond motifs is 1. The van der Waals surface area contributed by atoms with Crippen LogP contribution in [0, 0.1) is 6.92 Å². The second kappa shape index (κ2) is 10.6. The molecule has 188 valence electrons. The first-order chi connectivity index (χ1) is 17.6. The summed E-state index contributed by atoms with van der Waals surface area (Å²) in [5.41, 5.74) is 5.58. The van der Waals surface area contributed by atoms with Gasteiger partial charge in [0.15, 0.2) is 0 Å². The van der Waals surface area contributed by atoms with Crippen molar-refractivity contribution in [2.75, 3.05) is 51.8 Å². The van der Waals surface area contributed by atoms with Gasteiger partial charge in [0.1, 0.15) is 11.5 Å². The van der Waals surface area contributed by atoms with Gasteiger partial charge in [0, 0.05) is 61.4 Å². The van der Waals surface area contributed by atoms with Crippen molar-refractivity contribution in [3.63, 3.8) is 0 Å². The zero-order chi connectivity index (χ0) is 25.1. The van der Waals surface area contributed by atoms with Gasteiger partial charge in [-0.05, 0) is 42.8 Å². The minimum absolute atomic E-state index is 0.588. The van der Waals surface area contributed by atoms with Crippen molar-refractivity contribution in [3.8, 4) is 11.5 Å². The number of ether oxygens (including phenoxy) is 2. The van der Waals surface area contributed by atoms with Gasteiger partial charge in [0.25, 0.3) is 0 Å². The Morgan fingerprint density at radius 3 is 2.31 bits per heavy atom. The quantitative estimate of drug-likeness (QED) is 0.386. The highest BCUT2D eigenvalue weighted by Crippen LogP contribution is 2.35. The summed E-state index contributed by atoms with van der Waals surface area (Å²) >= 11 is 0. The average Bonchev–Trinajstić information content (AvgIpc) is 3.19. The molecule has 6 heteroatoms. The molecule has 0 aliphatic carbocycles. The predicted molar refractivity (Wildman–Crippen MR) is 145 cm³/mol. The van der Waals surface area contributed by atoms with E-state index in [2.05, 4.69) is 69.8 Å². The Kier molecular flexibility index (Phi) is 7.16. The van der Waals surface area contributed by atoms with E-state index in [0.29, 0.717) is 6.54 Å². The maximum Gasteiger partial charge on any atom is 0.142 e. The Morgan fingerprint density at radius 1 is 0.861 bits per heavy atom. The van der Waals surface area contributed by atoms with E-state index in [1.807, 2.05) is 24.3 Å². The molecule has 36 heavy (non-hydrogen) atoms. The second-order valence-electron chi connectivity index (χ2n) is 9.43. The zero-order valence-electron chi connectivity index (χ0n) is 21.4. The highest BCUT2D eigenvalue weighted by molar-refractivity contribution is 5.87. The number of aromatic nitrogens is 1.